The van der Waals surface area contributed by atoms with Crippen molar-refractivity contribution in [3.63, 3.8) is 0 Å². The van der Waals surface area contributed by atoms with Crippen molar-refractivity contribution in [2.24, 2.45) is 0 Å². The maximum absolute atomic E-state index is 14.0. The van der Waals surface area contributed by atoms with Gasteiger partial charge in [-0.2, -0.15) is 0 Å². The van der Waals surface area contributed by atoms with E-state index in [9.17, 15) is 9.18 Å². The zero-order chi connectivity index (χ0) is 16.4. The predicted octanol–water partition coefficient (Wildman–Crippen LogP) is 4.02. The molecule has 0 aliphatic heterocycles. The first-order chi connectivity index (χ1) is 11.1. The molecule has 0 N–H and O–H groups in total. The van der Waals surface area contributed by atoms with Gasteiger partial charge in [-0.25, -0.2) is 9.18 Å². The van der Waals surface area contributed by atoms with Crippen LogP contribution in [0.3, 0.4) is 0 Å². The predicted molar refractivity (Wildman–Crippen MR) is 83.7 cm³/mol. The quantitative estimate of drug-likeness (QED) is 0.747. The molecule has 1 fully saturated rings. The summed E-state index contributed by atoms with van der Waals surface area (Å²) in [7, 11) is 1.33. The van der Waals surface area contributed by atoms with Crippen LogP contribution >= 0.6 is 11.6 Å². The topological polar surface area (TPSA) is 42.7 Å². The van der Waals surface area contributed by atoms with Crippen LogP contribution in [0.4, 0.5) is 4.39 Å². The van der Waals surface area contributed by atoms with Crippen molar-refractivity contribution in [3.05, 3.63) is 58.3 Å². The van der Waals surface area contributed by atoms with E-state index in [1.165, 1.54) is 19.4 Å². The maximum atomic E-state index is 14.0. The standard InChI is InChI=1S/C17H17ClFNO3/c1-22-17(21)12-7-8-23-16(12)10-20(11-5-6-11)9-13-14(18)3-2-4-15(13)19/h2-4,7-8,11H,5-6,9-10H2,1H3. The van der Waals surface area contributed by atoms with Crippen LogP contribution in [-0.4, -0.2) is 24.0 Å². The zero-order valence-corrected chi connectivity index (χ0v) is 13.5. The second-order valence-electron chi connectivity index (χ2n) is 5.59. The van der Waals surface area contributed by atoms with Gasteiger partial charge in [0.15, 0.2) is 0 Å². The van der Waals surface area contributed by atoms with E-state index in [1.807, 2.05) is 0 Å². The number of carbonyl (C=O) groups excluding carboxylic acids is 1. The Morgan fingerprint density at radius 3 is 2.83 bits per heavy atom. The third kappa shape index (κ3) is 3.57. The lowest BCUT2D eigenvalue weighted by Crippen LogP contribution is -2.26. The number of esters is 1. The minimum absolute atomic E-state index is 0.323. The molecule has 2 aromatic rings. The summed E-state index contributed by atoms with van der Waals surface area (Å²) in [5.74, 6) is -0.236. The summed E-state index contributed by atoms with van der Waals surface area (Å²) in [5, 5.41) is 0.406. The van der Waals surface area contributed by atoms with Gasteiger partial charge in [0.25, 0.3) is 0 Å². The van der Waals surface area contributed by atoms with Gasteiger partial charge in [-0.15, -0.1) is 0 Å². The fourth-order valence-electron chi connectivity index (χ4n) is 2.58. The molecule has 4 nitrogen and oxygen atoms in total. The molecular weight excluding hydrogens is 321 g/mol. The fourth-order valence-corrected chi connectivity index (χ4v) is 2.80. The van der Waals surface area contributed by atoms with Gasteiger partial charge in [0, 0.05) is 23.2 Å². The van der Waals surface area contributed by atoms with Crippen LogP contribution in [0.2, 0.25) is 5.02 Å². The van der Waals surface area contributed by atoms with Crippen molar-refractivity contribution < 1.29 is 18.3 Å². The van der Waals surface area contributed by atoms with Gasteiger partial charge in [-0.3, -0.25) is 4.90 Å². The van der Waals surface area contributed by atoms with Crippen LogP contribution in [0.25, 0.3) is 0 Å². The average molecular weight is 338 g/mol. The molecule has 0 radical (unpaired) electrons. The Kier molecular flexibility index (Phi) is 4.68. The van der Waals surface area contributed by atoms with Crippen molar-refractivity contribution in [3.8, 4) is 0 Å². The molecule has 0 atom stereocenters. The number of hydrogen-bond donors (Lipinski definition) is 0. The summed E-state index contributed by atoms with van der Waals surface area (Å²) in [4.78, 5) is 13.8. The van der Waals surface area contributed by atoms with Crippen molar-refractivity contribution in [2.45, 2.75) is 32.0 Å². The molecule has 1 saturated carbocycles. The van der Waals surface area contributed by atoms with Crippen LogP contribution in [0.1, 0.15) is 34.5 Å². The monoisotopic (exact) mass is 337 g/mol. The zero-order valence-electron chi connectivity index (χ0n) is 12.7. The molecule has 0 spiro atoms. The van der Waals surface area contributed by atoms with Crippen molar-refractivity contribution in [1.82, 2.24) is 4.90 Å². The maximum Gasteiger partial charge on any atom is 0.341 e. The highest BCUT2D eigenvalue weighted by molar-refractivity contribution is 6.31. The normalized spacial score (nSPS) is 14.3. The first-order valence-corrected chi connectivity index (χ1v) is 7.79. The van der Waals surface area contributed by atoms with E-state index in [0.29, 0.717) is 41.0 Å². The third-order valence-electron chi connectivity index (χ3n) is 3.98. The molecule has 23 heavy (non-hydrogen) atoms. The van der Waals surface area contributed by atoms with Gasteiger partial charge in [0.1, 0.15) is 17.1 Å². The molecule has 1 aliphatic rings. The number of hydrogen-bond acceptors (Lipinski definition) is 4. The van der Waals surface area contributed by atoms with E-state index in [-0.39, 0.29) is 5.82 Å². The Bertz CT molecular complexity index is 691. The molecule has 0 saturated heterocycles. The Morgan fingerprint density at radius 2 is 2.17 bits per heavy atom. The number of furan rings is 1. The number of benzene rings is 1. The molecule has 0 bridgehead atoms. The highest BCUT2D eigenvalue weighted by atomic mass is 35.5. The molecule has 3 rings (SSSR count). The van der Waals surface area contributed by atoms with E-state index in [1.54, 1.807) is 18.2 Å². The molecule has 1 heterocycles. The lowest BCUT2D eigenvalue weighted by molar-refractivity contribution is 0.0596. The molecule has 1 aliphatic carbocycles. The van der Waals surface area contributed by atoms with Crippen LogP contribution in [0.5, 0.6) is 0 Å². The first kappa shape index (κ1) is 16.0. The van der Waals surface area contributed by atoms with E-state index in [4.69, 9.17) is 20.8 Å². The van der Waals surface area contributed by atoms with Gasteiger partial charge >= 0.3 is 5.97 Å². The van der Waals surface area contributed by atoms with Crippen LogP contribution in [0.15, 0.2) is 34.9 Å². The Hall–Kier alpha value is -1.85. The molecular formula is C17H17ClFNO3. The minimum atomic E-state index is -0.437. The highest BCUT2D eigenvalue weighted by Crippen LogP contribution is 2.32. The Labute approximate surface area is 138 Å². The number of methoxy groups -OCH3 is 1. The lowest BCUT2D eigenvalue weighted by Gasteiger charge is -2.22. The van der Waals surface area contributed by atoms with Crippen molar-refractivity contribution in [2.75, 3.05) is 7.11 Å². The van der Waals surface area contributed by atoms with Gasteiger partial charge in [0.2, 0.25) is 0 Å². The number of halogens is 2. The highest BCUT2D eigenvalue weighted by Gasteiger charge is 2.31. The number of nitrogens with zero attached hydrogens (tertiary/aromatic N) is 1. The van der Waals surface area contributed by atoms with E-state index in [2.05, 4.69) is 4.90 Å². The van der Waals surface area contributed by atoms with E-state index < -0.39 is 5.97 Å². The molecule has 1 aromatic heterocycles. The van der Waals surface area contributed by atoms with Gasteiger partial charge in [0.05, 0.1) is 19.9 Å². The van der Waals surface area contributed by atoms with Gasteiger partial charge in [-0.05, 0) is 31.0 Å². The lowest BCUT2D eigenvalue weighted by atomic mass is 10.1. The smallest absolute Gasteiger partial charge is 0.341 e. The SMILES string of the molecule is COC(=O)c1ccoc1CN(Cc1c(F)cccc1Cl)C1CC1. The second kappa shape index (κ2) is 6.72. The minimum Gasteiger partial charge on any atom is -0.467 e. The number of carbonyl (C=O) groups is 1. The summed E-state index contributed by atoms with van der Waals surface area (Å²) in [5.41, 5.74) is 0.866. The van der Waals surface area contributed by atoms with Gasteiger partial charge in [-0.1, -0.05) is 17.7 Å². The molecule has 6 heteroatoms. The Balaban J connectivity index is 1.81. The summed E-state index contributed by atoms with van der Waals surface area (Å²) in [6.45, 7) is 0.782. The van der Waals surface area contributed by atoms with E-state index >= 15 is 0 Å². The molecule has 1 aromatic carbocycles. The summed E-state index contributed by atoms with van der Waals surface area (Å²) in [6.07, 6.45) is 3.55. The second-order valence-corrected chi connectivity index (χ2v) is 5.99. The summed E-state index contributed by atoms with van der Waals surface area (Å²) < 4.78 is 24.2. The first-order valence-electron chi connectivity index (χ1n) is 7.41. The van der Waals surface area contributed by atoms with Crippen molar-refractivity contribution in [1.29, 1.82) is 0 Å². The summed E-state index contributed by atoms with van der Waals surface area (Å²) >= 11 is 6.12. The molecule has 122 valence electrons. The molecule has 0 amide bonds. The van der Waals surface area contributed by atoms with Crippen LogP contribution < -0.4 is 0 Å². The largest absolute Gasteiger partial charge is 0.467 e. The van der Waals surface area contributed by atoms with Crippen LogP contribution in [0, 0.1) is 5.82 Å². The number of ether oxygens (including phenoxy) is 1. The van der Waals surface area contributed by atoms with Gasteiger partial charge < -0.3 is 9.15 Å². The van der Waals surface area contributed by atoms with Crippen molar-refractivity contribution >= 4 is 17.6 Å². The molecule has 0 unspecified atom stereocenters. The van der Waals surface area contributed by atoms with Crippen LogP contribution in [-0.2, 0) is 17.8 Å². The summed E-state index contributed by atoms with van der Waals surface area (Å²) in [6, 6.07) is 6.60. The Morgan fingerprint density at radius 1 is 1.39 bits per heavy atom. The fraction of sp³-hybridized carbons (Fsp3) is 0.353. The number of rotatable bonds is 6. The third-order valence-corrected chi connectivity index (χ3v) is 4.34. The average Bonchev–Trinajstić information content (AvgIpc) is 3.28. The van der Waals surface area contributed by atoms with E-state index in [0.717, 1.165) is 12.8 Å².